The molecule has 1 unspecified atom stereocenters. The Morgan fingerprint density at radius 1 is 1.13 bits per heavy atom. The van der Waals surface area contributed by atoms with Crippen molar-refractivity contribution in [2.45, 2.75) is 18.5 Å². The summed E-state index contributed by atoms with van der Waals surface area (Å²) in [6, 6.07) is 20.0. The maximum absolute atomic E-state index is 10.7. The Morgan fingerprint density at radius 2 is 1.90 bits per heavy atom. The number of carbonyl (C=O) groups is 1. The molecule has 0 radical (unpaired) electrons. The topological polar surface area (TPSA) is 85.2 Å². The second kappa shape index (κ2) is 8.80. The van der Waals surface area contributed by atoms with Crippen LogP contribution >= 0.6 is 0 Å². The monoisotopic (exact) mass is 401 g/mol. The molecule has 30 heavy (non-hydrogen) atoms. The first-order valence-corrected chi connectivity index (χ1v) is 9.87. The van der Waals surface area contributed by atoms with Crippen LogP contribution in [0, 0.1) is 11.5 Å². The van der Waals surface area contributed by atoms with Crippen molar-refractivity contribution in [1.82, 2.24) is 20.0 Å². The van der Waals surface area contributed by atoms with Gasteiger partial charge in [-0.15, -0.1) is 0 Å². The van der Waals surface area contributed by atoms with Crippen molar-refractivity contribution in [2.24, 2.45) is 0 Å². The lowest BCUT2D eigenvalue weighted by Crippen LogP contribution is -2.41. The number of nitrogens with one attached hydrogen (secondary N) is 1. The number of aromatic nitrogens is 2. The van der Waals surface area contributed by atoms with Crippen LogP contribution in [-0.4, -0.2) is 58.5 Å². The molecule has 1 N–H and O–H groups in total. The molecule has 152 valence electrons. The molecule has 0 spiro atoms. The predicted octanol–water partition coefficient (Wildman–Crippen LogP) is 3.54. The molecular weight excluding hydrogens is 378 g/mol. The number of likely N-dealkylation sites (tertiary alicyclic amines) is 2. The zero-order valence-corrected chi connectivity index (χ0v) is 16.7. The van der Waals surface area contributed by atoms with Gasteiger partial charge in [-0.25, -0.2) is 0 Å². The van der Waals surface area contributed by atoms with Crippen molar-refractivity contribution < 1.29 is 9.53 Å². The summed E-state index contributed by atoms with van der Waals surface area (Å²) in [5, 5.41) is 15.4. The van der Waals surface area contributed by atoms with E-state index in [9.17, 15) is 4.79 Å². The summed E-state index contributed by atoms with van der Waals surface area (Å²) in [5.41, 5.74) is 1.95. The quantitative estimate of drug-likeness (QED) is 0.532. The molecule has 2 aliphatic rings. The van der Waals surface area contributed by atoms with Crippen molar-refractivity contribution in [3.05, 3.63) is 66.4 Å². The SMILES string of the molecule is CN1CC2C[C@H]1CN2C#N.O=Cc1cc(-c2ccccc2Oc2ccccc2)n[nH]1. The number of benzene rings is 2. The zero-order valence-electron chi connectivity index (χ0n) is 16.7. The van der Waals surface area contributed by atoms with E-state index in [0.29, 0.717) is 29.2 Å². The first-order chi connectivity index (χ1) is 14.7. The van der Waals surface area contributed by atoms with Gasteiger partial charge in [-0.1, -0.05) is 30.3 Å². The first-order valence-electron chi connectivity index (χ1n) is 9.87. The van der Waals surface area contributed by atoms with E-state index >= 15 is 0 Å². The number of likely N-dealkylation sites (N-methyl/N-ethyl adjacent to an activating group) is 1. The zero-order chi connectivity index (χ0) is 20.9. The average molecular weight is 401 g/mol. The van der Waals surface area contributed by atoms with Crippen LogP contribution < -0.4 is 4.74 Å². The largest absolute Gasteiger partial charge is 0.457 e. The summed E-state index contributed by atoms with van der Waals surface area (Å²) in [7, 11) is 2.14. The summed E-state index contributed by atoms with van der Waals surface area (Å²) < 4.78 is 5.86. The lowest BCUT2D eigenvalue weighted by Gasteiger charge is -2.27. The van der Waals surface area contributed by atoms with E-state index < -0.39 is 0 Å². The maximum atomic E-state index is 10.7. The number of hydrogen-bond donors (Lipinski definition) is 1. The average Bonchev–Trinajstić information content (AvgIpc) is 3.50. The Balaban J connectivity index is 0.000000181. The number of aromatic amines is 1. The van der Waals surface area contributed by atoms with Gasteiger partial charge in [0.2, 0.25) is 0 Å². The Hall–Kier alpha value is -3.63. The molecule has 7 heteroatoms. The van der Waals surface area contributed by atoms with Crippen LogP contribution in [0.5, 0.6) is 11.5 Å². The van der Waals surface area contributed by atoms with E-state index in [2.05, 4.69) is 28.3 Å². The van der Waals surface area contributed by atoms with Gasteiger partial charge in [0.25, 0.3) is 0 Å². The number of fused-ring (bicyclic) bond motifs is 2. The Morgan fingerprint density at radius 3 is 2.53 bits per heavy atom. The number of ether oxygens (including phenoxy) is 1. The van der Waals surface area contributed by atoms with Crippen LogP contribution in [0.25, 0.3) is 11.3 Å². The van der Waals surface area contributed by atoms with Crippen LogP contribution in [0.15, 0.2) is 60.7 Å². The van der Waals surface area contributed by atoms with Crippen molar-refractivity contribution in [1.29, 1.82) is 5.26 Å². The smallest absolute Gasteiger partial charge is 0.179 e. The van der Waals surface area contributed by atoms with Gasteiger partial charge >= 0.3 is 0 Å². The van der Waals surface area contributed by atoms with Crippen molar-refractivity contribution in [3.8, 4) is 28.9 Å². The van der Waals surface area contributed by atoms with Crippen LogP contribution in [-0.2, 0) is 0 Å². The molecule has 2 aliphatic heterocycles. The molecule has 7 nitrogen and oxygen atoms in total. The van der Waals surface area contributed by atoms with Gasteiger partial charge in [0, 0.05) is 24.7 Å². The lowest BCUT2D eigenvalue weighted by atomic mass is 10.1. The molecule has 2 fully saturated rings. The van der Waals surface area contributed by atoms with E-state index in [1.807, 2.05) is 59.5 Å². The van der Waals surface area contributed by atoms with Crippen LogP contribution in [0.2, 0.25) is 0 Å². The van der Waals surface area contributed by atoms with Crippen molar-refractivity contribution in [2.75, 3.05) is 20.1 Å². The molecule has 2 aromatic carbocycles. The molecule has 2 atom stereocenters. The highest BCUT2D eigenvalue weighted by Crippen LogP contribution is 2.32. The summed E-state index contributed by atoms with van der Waals surface area (Å²) in [5.74, 6) is 1.45. The minimum Gasteiger partial charge on any atom is -0.457 e. The Kier molecular flexibility index (Phi) is 5.77. The summed E-state index contributed by atoms with van der Waals surface area (Å²) in [6.07, 6.45) is 4.15. The molecule has 5 rings (SSSR count). The minimum atomic E-state index is 0.439. The number of carbonyl (C=O) groups excluding carboxylic acids is 1. The van der Waals surface area contributed by atoms with E-state index in [1.165, 1.54) is 6.42 Å². The Bertz CT molecular complexity index is 1040. The summed E-state index contributed by atoms with van der Waals surface area (Å²) in [4.78, 5) is 15.0. The van der Waals surface area contributed by atoms with Crippen LogP contribution in [0.1, 0.15) is 16.9 Å². The molecule has 3 heterocycles. The molecule has 0 saturated carbocycles. The highest BCUT2D eigenvalue weighted by molar-refractivity contribution is 5.77. The second-order valence-corrected chi connectivity index (χ2v) is 7.47. The van der Waals surface area contributed by atoms with Gasteiger partial charge in [-0.2, -0.15) is 10.4 Å². The van der Waals surface area contributed by atoms with Gasteiger partial charge in [0.1, 0.15) is 11.5 Å². The van der Waals surface area contributed by atoms with E-state index in [-0.39, 0.29) is 0 Å². The fourth-order valence-corrected chi connectivity index (χ4v) is 3.91. The molecule has 2 bridgehead atoms. The van der Waals surface area contributed by atoms with Gasteiger partial charge in [0.05, 0.1) is 17.4 Å². The number of para-hydroxylation sites is 2. The van der Waals surface area contributed by atoms with Gasteiger partial charge in [-0.05, 0) is 43.8 Å². The number of H-pyrrole nitrogens is 1. The number of nitriles is 1. The van der Waals surface area contributed by atoms with Crippen LogP contribution in [0.3, 0.4) is 0 Å². The summed E-state index contributed by atoms with van der Waals surface area (Å²) >= 11 is 0. The molecule has 1 aromatic heterocycles. The predicted molar refractivity (Wildman–Crippen MR) is 113 cm³/mol. The Labute approximate surface area is 175 Å². The second-order valence-electron chi connectivity index (χ2n) is 7.47. The highest BCUT2D eigenvalue weighted by atomic mass is 16.5. The third-order valence-corrected chi connectivity index (χ3v) is 5.50. The summed E-state index contributed by atoms with van der Waals surface area (Å²) in [6.45, 7) is 2.04. The third-order valence-electron chi connectivity index (χ3n) is 5.50. The molecule has 0 amide bonds. The van der Waals surface area contributed by atoms with Gasteiger partial charge in [-0.3, -0.25) is 14.8 Å². The molecular formula is C23H23N5O2. The number of hydrogen-bond acceptors (Lipinski definition) is 6. The van der Waals surface area contributed by atoms with Crippen LogP contribution in [0.4, 0.5) is 0 Å². The lowest BCUT2D eigenvalue weighted by molar-refractivity contribution is 0.111. The van der Waals surface area contributed by atoms with Crippen molar-refractivity contribution >= 4 is 6.29 Å². The normalized spacial score (nSPS) is 19.7. The fraction of sp³-hybridized carbons (Fsp3) is 0.261. The van der Waals surface area contributed by atoms with E-state index in [4.69, 9.17) is 10.00 Å². The first kappa shape index (κ1) is 19.7. The van der Waals surface area contributed by atoms with Crippen molar-refractivity contribution in [3.63, 3.8) is 0 Å². The highest BCUT2D eigenvalue weighted by Gasteiger charge is 2.40. The number of aldehydes is 1. The third kappa shape index (κ3) is 4.19. The van der Waals surface area contributed by atoms with E-state index in [1.54, 1.807) is 6.07 Å². The van der Waals surface area contributed by atoms with Gasteiger partial charge in [0.15, 0.2) is 12.5 Å². The maximum Gasteiger partial charge on any atom is 0.179 e. The minimum absolute atomic E-state index is 0.439. The number of piperazine rings is 1. The number of rotatable bonds is 4. The van der Waals surface area contributed by atoms with E-state index in [0.717, 1.165) is 30.7 Å². The molecule has 2 saturated heterocycles. The molecule has 0 aliphatic carbocycles. The van der Waals surface area contributed by atoms with Gasteiger partial charge < -0.3 is 9.64 Å². The standard InChI is InChI=1S/C16H12N2O2.C7H11N3/c19-11-12-10-15(18-17-12)14-8-4-5-9-16(14)20-13-6-2-1-3-7-13;1-9-3-7-2-6(9)4-10(7)5-8/h1-11H,(H,17,18);6-7H,2-4H2,1H3/t;6-,7?/m.0/s1. The number of nitrogens with zero attached hydrogens (tertiary/aromatic N) is 4. The fourth-order valence-electron chi connectivity index (χ4n) is 3.91. The molecule has 3 aromatic rings.